The monoisotopic (exact) mass is 420 g/mol. The Labute approximate surface area is 187 Å². The number of carbonyl (C=O) groups excluding carboxylic acids is 1. The maximum Gasteiger partial charge on any atom is 0.225 e. The SMILES string of the molecule is CC(CCN1CCN(C(=O)C2CCN(Cc3ccncc3)CC2)CC1)c1ccccc1. The van der Waals surface area contributed by atoms with Crippen LogP contribution in [0.1, 0.15) is 43.2 Å². The second-order valence-corrected chi connectivity index (χ2v) is 9.17. The van der Waals surface area contributed by atoms with Gasteiger partial charge in [0, 0.05) is 51.0 Å². The van der Waals surface area contributed by atoms with E-state index in [1.165, 1.54) is 17.5 Å². The van der Waals surface area contributed by atoms with Crippen molar-refractivity contribution in [2.75, 3.05) is 45.8 Å². The standard InChI is InChI=1S/C26H36N4O/c1-22(24-5-3-2-4-6-24)9-14-28-17-19-30(20-18-28)26(31)25-10-15-29(16-11-25)21-23-7-12-27-13-8-23/h2-8,12-13,22,25H,9-11,14-21H2,1H3. The Morgan fingerprint density at radius 1 is 0.935 bits per heavy atom. The summed E-state index contributed by atoms with van der Waals surface area (Å²) < 4.78 is 0. The van der Waals surface area contributed by atoms with Crippen molar-refractivity contribution in [3.63, 3.8) is 0 Å². The number of likely N-dealkylation sites (tertiary alicyclic amines) is 1. The van der Waals surface area contributed by atoms with Gasteiger partial charge in [-0.1, -0.05) is 37.3 Å². The Kier molecular flexibility index (Phi) is 7.71. The first-order valence-electron chi connectivity index (χ1n) is 11.9. The number of aromatic nitrogens is 1. The van der Waals surface area contributed by atoms with E-state index in [9.17, 15) is 4.79 Å². The molecule has 0 bridgehead atoms. The van der Waals surface area contributed by atoms with Gasteiger partial charge < -0.3 is 4.90 Å². The summed E-state index contributed by atoms with van der Waals surface area (Å²) in [6.07, 6.45) is 6.85. The van der Waals surface area contributed by atoms with Crippen molar-refractivity contribution in [3.8, 4) is 0 Å². The average Bonchev–Trinajstić information content (AvgIpc) is 2.84. The van der Waals surface area contributed by atoms with Gasteiger partial charge in [0.2, 0.25) is 5.91 Å². The lowest BCUT2D eigenvalue weighted by atomic mass is 9.94. The summed E-state index contributed by atoms with van der Waals surface area (Å²) in [7, 11) is 0. The minimum atomic E-state index is 0.207. The lowest BCUT2D eigenvalue weighted by Crippen LogP contribution is -2.51. The van der Waals surface area contributed by atoms with Crippen LogP contribution in [-0.4, -0.2) is 71.4 Å². The number of piperidine rings is 1. The van der Waals surface area contributed by atoms with E-state index in [2.05, 4.69) is 69.1 Å². The Balaban J connectivity index is 1.16. The summed E-state index contributed by atoms with van der Waals surface area (Å²) >= 11 is 0. The third-order valence-corrected chi connectivity index (χ3v) is 7.02. The molecule has 1 aromatic carbocycles. The third kappa shape index (κ3) is 6.14. The van der Waals surface area contributed by atoms with E-state index in [1.54, 1.807) is 0 Å². The number of rotatable bonds is 7. The summed E-state index contributed by atoms with van der Waals surface area (Å²) in [6.45, 7) is 10.2. The number of nitrogens with zero attached hydrogens (tertiary/aromatic N) is 4. The van der Waals surface area contributed by atoms with Gasteiger partial charge in [-0.3, -0.25) is 19.6 Å². The minimum Gasteiger partial charge on any atom is -0.340 e. The van der Waals surface area contributed by atoms with E-state index in [0.29, 0.717) is 11.8 Å². The van der Waals surface area contributed by atoms with Crippen LogP contribution in [0.5, 0.6) is 0 Å². The van der Waals surface area contributed by atoms with Crippen molar-refractivity contribution in [2.45, 2.75) is 38.6 Å². The first kappa shape index (κ1) is 22.0. The lowest BCUT2D eigenvalue weighted by Gasteiger charge is -2.38. The predicted molar refractivity (Wildman–Crippen MR) is 125 cm³/mol. The number of amides is 1. The van der Waals surface area contributed by atoms with Gasteiger partial charge >= 0.3 is 0 Å². The molecule has 5 nitrogen and oxygen atoms in total. The van der Waals surface area contributed by atoms with Crippen molar-refractivity contribution in [1.29, 1.82) is 0 Å². The largest absolute Gasteiger partial charge is 0.340 e. The van der Waals surface area contributed by atoms with Crippen molar-refractivity contribution in [1.82, 2.24) is 19.7 Å². The normalized spacial score (nSPS) is 20.0. The fraction of sp³-hybridized carbons (Fsp3) is 0.538. The number of hydrogen-bond donors (Lipinski definition) is 0. The highest BCUT2D eigenvalue weighted by atomic mass is 16.2. The molecule has 2 aliphatic rings. The fourth-order valence-corrected chi connectivity index (χ4v) is 4.86. The van der Waals surface area contributed by atoms with Crippen molar-refractivity contribution in [2.24, 2.45) is 5.92 Å². The zero-order chi connectivity index (χ0) is 21.5. The topological polar surface area (TPSA) is 39.7 Å². The molecule has 1 amide bonds. The number of carbonyl (C=O) groups is 1. The van der Waals surface area contributed by atoms with Crippen LogP contribution in [0.4, 0.5) is 0 Å². The van der Waals surface area contributed by atoms with Crippen molar-refractivity contribution in [3.05, 3.63) is 66.0 Å². The molecule has 2 saturated heterocycles. The zero-order valence-corrected chi connectivity index (χ0v) is 18.8. The molecule has 0 N–H and O–H groups in total. The molecule has 1 atom stereocenters. The van der Waals surface area contributed by atoms with E-state index in [0.717, 1.165) is 65.2 Å². The average molecular weight is 421 g/mol. The molecule has 1 unspecified atom stereocenters. The second kappa shape index (κ2) is 10.9. The number of pyridine rings is 1. The summed E-state index contributed by atoms with van der Waals surface area (Å²) in [6, 6.07) is 14.9. The van der Waals surface area contributed by atoms with Crippen LogP contribution < -0.4 is 0 Å². The van der Waals surface area contributed by atoms with Crippen LogP contribution in [0, 0.1) is 5.92 Å². The number of benzene rings is 1. The Morgan fingerprint density at radius 3 is 2.29 bits per heavy atom. The van der Waals surface area contributed by atoms with Gasteiger partial charge in [-0.25, -0.2) is 0 Å². The molecule has 4 rings (SSSR count). The molecule has 0 saturated carbocycles. The van der Waals surface area contributed by atoms with Crippen LogP contribution >= 0.6 is 0 Å². The molecule has 2 fully saturated rings. The van der Waals surface area contributed by atoms with Crippen LogP contribution in [0.25, 0.3) is 0 Å². The summed E-state index contributed by atoms with van der Waals surface area (Å²) in [4.78, 5) is 24.3. The maximum absolute atomic E-state index is 13.1. The van der Waals surface area contributed by atoms with Gasteiger partial charge in [0.1, 0.15) is 0 Å². The van der Waals surface area contributed by atoms with Gasteiger partial charge in [-0.2, -0.15) is 0 Å². The Bertz CT molecular complexity index is 797. The molecule has 0 spiro atoms. The molecule has 2 aromatic rings. The van der Waals surface area contributed by atoms with Gasteiger partial charge in [0.15, 0.2) is 0 Å². The molecular weight excluding hydrogens is 384 g/mol. The summed E-state index contributed by atoms with van der Waals surface area (Å²) in [5.74, 6) is 1.18. The first-order chi connectivity index (χ1) is 15.2. The van der Waals surface area contributed by atoms with E-state index in [1.807, 2.05) is 12.4 Å². The zero-order valence-electron chi connectivity index (χ0n) is 18.8. The van der Waals surface area contributed by atoms with Gasteiger partial charge in [0.25, 0.3) is 0 Å². The van der Waals surface area contributed by atoms with Crippen LogP contribution in [0.2, 0.25) is 0 Å². The van der Waals surface area contributed by atoms with Crippen LogP contribution in [0.3, 0.4) is 0 Å². The molecule has 166 valence electrons. The Morgan fingerprint density at radius 2 is 1.61 bits per heavy atom. The lowest BCUT2D eigenvalue weighted by molar-refractivity contribution is -0.138. The highest BCUT2D eigenvalue weighted by Crippen LogP contribution is 2.23. The molecule has 0 radical (unpaired) electrons. The number of hydrogen-bond acceptors (Lipinski definition) is 4. The van der Waals surface area contributed by atoms with Crippen LogP contribution in [-0.2, 0) is 11.3 Å². The first-order valence-corrected chi connectivity index (χ1v) is 11.9. The quantitative estimate of drug-likeness (QED) is 0.686. The molecular formula is C26H36N4O. The molecule has 3 heterocycles. The van der Waals surface area contributed by atoms with Gasteiger partial charge in [-0.05, 0) is 68.1 Å². The third-order valence-electron chi connectivity index (χ3n) is 7.02. The highest BCUT2D eigenvalue weighted by Gasteiger charge is 2.30. The van der Waals surface area contributed by atoms with E-state index in [-0.39, 0.29) is 5.92 Å². The van der Waals surface area contributed by atoms with E-state index < -0.39 is 0 Å². The van der Waals surface area contributed by atoms with Gasteiger partial charge in [-0.15, -0.1) is 0 Å². The molecule has 2 aliphatic heterocycles. The molecule has 0 aliphatic carbocycles. The predicted octanol–water partition coefficient (Wildman–Crippen LogP) is 3.63. The smallest absolute Gasteiger partial charge is 0.225 e. The van der Waals surface area contributed by atoms with E-state index >= 15 is 0 Å². The fourth-order valence-electron chi connectivity index (χ4n) is 4.86. The molecule has 1 aromatic heterocycles. The number of piperazine rings is 1. The maximum atomic E-state index is 13.1. The summed E-state index contributed by atoms with van der Waals surface area (Å²) in [5.41, 5.74) is 2.73. The molecule has 5 heteroatoms. The van der Waals surface area contributed by atoms with E-state index in [4.69, 9.17) is 0 Å². The summed E-state index contributed by atoms with van der Waals surface area (Å²) in [5, 5.41) is 0. The Hall–Kier alpha value is -2.24. The highest BCUT2D eigenvalue weighted by molar-refractivity contribution is 5.79. The molecule has 31 heavy (non-hydrogen) atoms. The van der Waals surface area contributed by atoms with Crippen LogP contribution in [0.15, 0.2) is 54.9 Å². The van der Waals surface area contributed by atoms with Gasteiger partial charge in [0.05, 0.1) is 0 Å². The minimum absolute atomic E-state index is 0.207. The second-order valence-electron chi connectivity index (χ2n) is 9.17. The van der Waals surface area contributed by atoms with Crippen molar-refractivity contribution >= 4 is 5.91 Å². The van der Waals surface area contributed by atoms with Crippen molar-refractivity contribution < 1.29 is 4.79 Å².